The summed E-state index contributed by atoms with van der Waals surface area (Å²) in [5, 5.41) is 0. The van der Waals surface area contributed by atoms with Crippen LogP contribution in [-0.4, -0.2) is 79.1 Å². The molecular weight excluding hydrogens is 378 g/mol. The average molecular weight is 414 g/mol. The van der Waals surface area contributed by atoms with E-state index in [2.05, 4.69) is 24.3 Å². The lowest BCUT2D eigenvalue weighted by Crippen LogP contribution is -2.52. The fraction of sp³-hybridized carbons (Fsp3) is 0.667. The molecular formula is C24H35N3O3. The quantitative estimate of drug-likeness (QED) is 0.762. The normalized spacial score (nSPS) is 22.8. The molecule has 0 saturated carbocycles. The zero-order valence-corrected chi connectivity index (χ0v) is 18.4. The van der Waals surface area contributed by atoms with Crippen LogP contribution in [0, 0.1) is 0 Å². The highest BCUT2D eigenvalue weighted by molar-refractivity contribution is 5.77. The maximum atomic E-state index is 12.9. The number of hydrogen-bond donors (Lipinski definition) is 0. The number of carbonyl (C=O) groups excluding carboxylic acids is 2. The van der Waals surface area contributed by atoms with Crippen LogP contribution in [0.3, 0.4) is 0 Å². The van der Waals surface area contributed by atoms with E-state index in [0.717, 1.165) is 45.4 Å². The second-order valence-corrected chi connectivity index (χ2v) is 8.91. The third kappa shape index (κ3) is 3.94. The van der Waals surface area contributed by atoms with E-state index in [1.165, 1.54) is 11.1 Å². The summed E-state index contributed by atoms with van der Waals surface area (Å²) in [6.07, 6.45) is 3.59. The van der Waals surface area contributed by atoms with Crippen LogP contribution >= 0.6 is 0 Å². The van der Waals surface area contributed by atoms with Gasteiger partial charge in [0.15, 0.2) is 0 Å². The largest absolute Gasteiger partial charge is 0.378 e. The van der Waals surface area contributed by atoms with Gasteiger partial charge in [0, 0.05) is 45.7 Å². The molecule has 3 aliphatic rings. The van der Waals surface area contributed by atoms with Crippen LogP contribution in [0.15, 0.2) is 24.3 Å². The molecule has 2 heterocycles. The Bertz CT molecular complexity index is 763. The van der Waals surface area contributed by atoms with Gasteiger partial charge in [-0.15, -0.1) is 0 Å². The van der Waals surface area contributed by atoms with Gasteiger partial charge in [-0.3, -0.25) is 4.79 Å². The van der Waals surface area contributed by atoms with Gasteiger partial charge >= 0.3 is 6.03 Å². The summed E-state index contributed by atoms with van der Waals surface area (Å²) in [5.74, 6) is 0.549. The van der Waals surface area contributed by atoms with E-state index in [4.69, 9.17) is 4.74 Å². The Hall–Kier alpha value is -2.08. The molecule has 30 heavy (non-hydrogen) atoms. The number of likely N-dealkylation sites (tertiary alicyclic amines) is 1. The van der Waals surface area contributed by atoms with E-state index in [9.17, 15) is 9.59 Å². The molecule has 3 amide bonds. The van der Waals surface area contributed by atoms with Crippen molar-refractivity contribution in [3.63, 3.8) is 0 Å². The van der Waals surface area contributed by atoms with Crippen molar-refractivity contribution in [3.05, 3.63) is 35.4 Å². The summed E-state index contributed by atoms with van der Waals surface area (Å²) in [4.78, 5) is 31.6. The topological polar surface area (TPSA) is 53.1 Å². The Kier molecular flexibility index (Phi) is 6.32. The highest BCUT2D eigenvalue weighted by Gasteiger charge is 2.46. The lowest BCUT2D eigenvalue weighted by Gasteiger charge is -2.42. The third-order valence-electron chi connectivity index (χ3n) is 7.42. The van der Waals surface area contributed by atoms with E-state index in [1.807, 2.05) is 28.5 Å². The summed E-state index contributed by atoms with van der Waals surface area (Å²) in [7, 11) is 0. The van der Waals surface area contributed by atoms with Gasteiger partial charge in [-0.1, -0.05) is 24.3 Å². The summed E-state index contributed by atoms with van der Waals surface area (Å²) in [5.41, 5.74) is 2.87. The molecule has 1 atom stereocenters. The molecule has 1 aromatic rings. The van der Waals surface area contributed by atoms with Crippen molar-refractivity contribution in [2.45, 2.75) is 50.9 Å². The molecule has 1 aliphatic carbocycles. The number of morpholine rings is 1. The first-order valence-corrected chi connectivity index (χ1v) is 11.6. The highest BCUT2D eigenvalue weighted by atomic mass is 16.5. The van der Waals surface area contributed by atoms with Crippen LogP contribution in [-0.2, 0) is 14.9 Å². The molecule has 0 radical (unpaired) electrons. The minimum atomic E-state index is 0.104. The highest BCUT2D eigenvalue weighted by Crippen LogP contribution is 2.52. The van der Waals surface area contributed by atoms with Gasteiger partial charge in [-0.2, -0.15) is 0 Å². The maximum absolute atomic E-state index is 12.9. The van der Waals surface area contributed by atoms with Crippen molar-refractivity contribution < 1.29 is 14.3 Å². The Labute approximate surface area is 180 Å². The average Bonchev–Trinajstić information content (AvgIpc) is 3.08. The first-order chi connectivity index (χ1) is 14.6. The van der Waals surface area contributed by atoms with Crippen molar-refractivity contribution in [3.8, 4) is 0 Å². The van der Waals surface area contributed by atoms with Gasteiger partial charge in [0.2, 0.25) is 5.91 Å². The Morgan fingerprint density at radius 1 is 1.03 bits per heavy atom. The standard InChI is InChI=1S/C24H35N3O3/c1-3-25(4-2)22(28)17-19-18-24(21-8-6-5-7-20(19)21)9-11-26(12-10-24)23(29)27-13-15-30-16-14-27/h5-8,19H,3-4,9-18H2,1-2H3. The van der Waals surface area contributed by atoms with Crippen molar-refractivity contribution in [1.29, 1.82) is 0 Å². The number of rotatable bonds is 4. The van der Waals surface area contributed by atoms with Crippen molar-refractivity contribution in [2.75, 3.05) is 52.5 Å². The van der Waals surface area contributed by atoms with E-state index in [-0.39, 0.29) is 23.3 Å². The van der Waals surface area contributed by atoms with Gasteiger partial charge < -0.3 is 19.4 Å². The summed E-state index contributed by atoms with van der Waals surface area (Å²) in [6, 6.07) is 8.86. The second-order valence-electron chi connectivity index (χ2n) is 8.91. The van der Waals surface area contributed by atoms with E-state index in [0.29, 0.717) is 32.7 Å². The number of fused-ring (bicyclic) bond motifs is 2. The van der Waals surface area contributed by atoms with Crippen LogP contribution in [0.4, 0.5) is 4.79 Å². The first kappa shape index (κ1) is 21.2. The summed E-state index contributed by atoms with van der Waals surface area (Å²) in [6.45, 7) is 9.89. The minimum Gasteiger partial charge on any atom is -0.378 e. The number of carbonyl (C=O) groups is 2. The van der Waals surface area contributed by atoms with Crippen LogP contribution < -0.4 is 0 Å². The second kappa shape index (κ2) is 8.96. The molecule has 2 fully saturated rings. The number of nitrogens with zero attached hydrogens (tertiary/aromatic N) is 3. The van der Waals surface area contributed by atoms with Crippen molar-refractivity contribution in [1.82, 2.24) is 14.7 Å². The predicted octanol–water partition coefficient (Wildman–Crippen LogP) is 3.22. The minimum absolute atomic E-state index is 0.104. The zero-order valence-electron chi connectivity index (χ0n) is 18.4. The lowest BCUT2D eigenvalue weighted by molar-refractivity contribution is -0.131. The fourth-order valence-electron chi connectivity index (χ4n) is 5.68. The van der Waals surface area contributed by atoms with E-state index in [1.54, 1.807) is 0 Å². The molecule has 0 aromatic heterocycles. The number of piperidine rings is 1. The van der Waals surface area contributed by atoms with Crippen molar-refractivity contribution >= 4 is 11.9 Å². The molecule has 0 bridgehead atoms. The van der Waals surface area contributed by atoms with Crippen molar-refractivity contribution in [2.24, 2.45) is 0 Å². The molecule has 6 heteroatoms. The molecule has 2 saturated heterocycles. The van der Waals surface area contributed by atoms with Crippen LogP contribution in [0.2, 0.25) is 0 Å². The SMILES string of the molecule is CCN(CC)C(=O)CC1CC2(CCN(C(=O)N3CCOCC3)CC2)c2ccccc21. The van der Waals surface area contributed by atoms with Gasteiger partial charge in [-0.25, -0.2) is 4.79 Å². The first-order valence-electron chi connectivity index (χ1n) is 11.6. The Morgan fingerprint density at radius 3 is 2.33 bits per heavy atom. The summed E-state index contributed by atoms with van der Waals surface area (Å²) >= 11 is 0. The lowest BCUT2D eigenvalue weighted by atomic mass is 9.73. The van der Waals surface area contributed by atoms with Gasteiger partial charge in [-0.05, 0) is 55.6 Å². The molecule has 1 aromatic carbocycles. The van der Waals surface area contributed by atoms with Crippen LogP contribution in [0.25, 0.3) is 0 Å². The maximum Gasteiger partial charge on any atom is 0.320 e. The predicted molar refractivity (Wildman–Crippen MR) is 117 cm³/mol. The van der Waals surface area contributed by atoms with E-state index < -0.39 is 0 Å². The third-order valence-corrected chi connectivity index (χ3v) is 7.42. The van der Waals surface area contributed by atoms with Crippen LogP contribution in [0.1, 0.15) is 56.6 Å². The molecule has 2 aliphatic heterocycles. The number of urea groups is 1. The van der Waals surface area contributed by atoms with Gasteiger partial charge in [0.25, 0.3) is 0 Å². The number of hydrogen-bond acceptors (Lipinski definition) is 3. The van der Waals surface area contributed by atoms with Gasteiger partial charge in [0.05, 0.1) is 13.2 Å². The molecule has 1 spiro atoms. The smallest absolute Gasteiger partial charge is 0.320 e. The van der Waals surface area contributed by atoms with Gasteiger partial charge in [0.1, 0.15) is 0 Å². The monoisotopic (exact) mass is 413 g/mol. The number of benzene rings is 1. The zero-order chi connectivity index (χ0) is 21.1. The number of ether oxygens (including phenoxy) is 1. The molecule has 6 nitrogen and oxygen atoms in total. The Morgan fingerprint density at radius 2 is 1.67 bits per heavy atom. The molecule has 164 valence electrons. The Balaban J connectivity index is 1.46. The van der Waals surface area contributed by atoms with Crippen LogP contribution in [0.5, 0.6) is 0 Å². The molecule has 1 unspecified atom stereocenters. The summed E-state index contributed by atoms with van der Waals surface area (Å²) < 4.78 is 5.39. The molecule has 0 N–H and O–H groups in total. The molecule has 4 rings (SSSR count). The fourth-order valence-corrected chi connectivity index (χ4v) is 5.68. The number of amides is 3. The van der Waals surface area contributed by atoms with E-state index >= 15 is 0 Å².